The van der Waals surface area contributed by atoms with Crippen molar-refractivity contribution in [1.82, 2.24) is 0 Å². The van der Waals surface area contributed by atoms with Crippen LogP contribution in [-0.4, -0.2) is 17.6 Å². The molecule has 0 unspecified atom stereocenters. The van der Waals surface area contributed by atoms with Crippen LogP contribution in [0.1, 0.15) is 15.9 Å². The molecule has 4 nitrogen and oxygen atoms in total. The Morgan fingerprint density at radius 2 is 1.95 bits per heavy atom. The van der Waals surface area contributed by atoms with Gasteiger partial charge in [0.05, 0.1) is 5.56 Å². The van der Waals surface area contributed by atoms with Crippen molar-refractivity contribution in [2.24, 2.45) is 5.73 Å². The van der Waals surface area contributed by atoms with Crippen molar-refractivity contribution in [2.45, 2.75) is 6.42 Å². The average Bonchev–Trinajstić information content (AvgIpc) is 2.43. The molecule has 0 aliphatic heterocycles. The maximum absolute atomic E-state index is 11.5. The number of benzene rings is 2. The molecule has 1 amide bonds. The Balaban J connectivity index is 2.37. The van der Waals surface area contributed by atoms with Gasteiger partial charge in [0.1, 0.15) is 11.5 Å². The standard InChI is InChI=1S/C15H14BrNO3/c16-11-5-6-14(12(9-11)15(17)19)20-13-4-2-1-3-10(13)7-8-18/h1-6,9,18H,7-8H2,(H2,17,19). The summed E-state index contributed by atoms with van der Waals surface area (Å²) in [6, 6.07) is 12.4. The number of para-hydroxylation sites is 1. The predicted molar refractivity (Wildman–Crippen MR) is 80.0 cm³/mol. The summed E-state index contributed by atoms with van der Waals surface area (Å²) < 4.78 is 6.53. The normalized spacial score (nSPS) is 10.3. The second kappa shape index (κ2) is 6.54. The summed E-state index contributed by atoms with van der Waals surface area (Å²) in [5.74, 6) is 0.443. The Morgan fingerprint density at radius 3 is 2.65 bits per heavy atom. The van der Waals surface area contributed by atoms with Gasteiger partial charge < -0.3 is 15.6 Å². The summed E-state index contributed by atoms with van der Waals surface area (Å²) in [5.41, 5.74) is 6.53. The van der Waals surface area contributed by atoms with Gasteiger partial charge in [0.25, 0.3) is 5.91 Å². The number of aliphatic hydroxyl groups is 1. The van der Waals surface area contributed by atoms with Gasteiger partial charge in [-0.1, -0.05) is 34.1 Å². The number of ether oxygens (including phenoxy) is 1. The maximum Gasteiger partial charge on any atom is 0.252 e. The monoisotopic (exact) mass is 335 g/mol. The lowest BCUT2D eigenvalue weighted by atomic mass is 10.1. The molecule has 2 rings (SSSR count). The van der Waals surface area contributed by atoms with E-state index in [0.29, 0.717) is 23.5 Å². The molecule has 104 valence electrons. The lowest BCUT2D eigenvalue weighted by Gasteiger charge is -2.12. The van der Waals surface area contributed by atoms with Gasteiger partial charge in [-0.05, 0) is 36.2 Å². The second-order valence-electron chi connectivity index (χ2n) is 4.19. The Kier molecular flexibility index (Phi) is 4.76. The first-order chi connectivity index (χ1) is 9.61. The number of aliphatic hydroxyl groups excluding tert-OH is 1. The highest BCUT2D eigenvalue weighted by molar-refractivity contribution is 9.10. The highest BCUT2D eigenvalue weighted by atomic mass is 79.9. The van der Waals surface area contributed by atoms with Gasteiger partial charge >= 0.3 is 0 Å². The van der Waals surface area contributed by atoms with Crippen molar-refractivity contribution < 1.29 is 14.6 Å². The minimum Gasteiger partial charge on any atom is -0.456 e. The maximum atomic E-state index is 11.5. The molecule has 2 aromatic rings. The number of hydrogen-bond donors (Lipinski definition) is 2. The fraction of sp³-hybridized carbons (Fsp3) is 0.133. The molecule has 0 aromatic heterocycles. The summed E-state index contributed by atoms with van der Waals surface area (Å²) in [5, 5.41) is 9.05. The zero-order chi connectivity index (χ0) is 14.5. The van der Waals surface area contributed by atoms with Crippen LogP contribution in [0.4, 0.5) is 0 Å². The highest BCUT2D eigenvalue weighted by Gasteiger charge is 2.12. The number of carbonyl (C=O) groups excluding carboxylic acids is 1. The molecule has 0 atom stereocenters. The molecule has 20 heavy (non-hydrogen) atoms. The predicted octanol–water partition coefficient (Wildman–Crippen LogP) is 2.88. The van der Waals surface area contributed by atoms with Crippen molar-refractivity contribution in [3.8, 4) is 11.5 Å². The summed E-state index contributed by atoms with van der Waals surface area (Å²) in [4.78, 5) is 11.5. The first-order valence-electron chi connectivity index (χ1n) is 6.08. The summed E-state index contributed by atoms with van der Waals surface area (Å²) in [6.07, 6.45) is 0.485. The molecule has 5 heteroatoms. The van der Waals surface area contributed by atoms with Crippen LogP contribution in [0.5, 0.6) is 11.5 Å². The summed E-state index contributed by atoms with van der Waals surface area (Å²) >= 11 is 3.29. The molecule has 0 aliphatic rings. The van der Waals surface area contributed by atoms with E-state index in [2.05, 4.69) is 15.9 Å². The highest BCUT2D eigenvalue weighted by Crippen LogP contribution is 2.30. The van der Waals surface area contributed by atoms with Gasteiger partial charge in [-0.3, -0.25) is 4.79 Å². The number of rotatable bonds is 5. The van der Waals surface area contributed by atoms with Crippen LogP contribution in [0.25, 0.3) is 0 Å². The zero-order valence-corrected chi connectivity index (χ0v) is 12.3. The Hall–Kier alpha value is -1.85. The molecule has 0 bridgehead atoms. The van der Waals surface area contributed by atoms with Crippen LogP contribution in [0, 0.1) is 0 Å². The Morgan fingerprint density at radius 1 is 1.20 bits per heavy atom. The summed E-state index contributed by atoms with van der Waals surface area (Å²) in [7, 11) is 0. The molecule has 0 aliphatic carbocycles. The third-order valence-corrected chi connectivity index (χ3v) is 3.27. The lowest BCUT2D eigenvalue weighted by molar-refractivity contribution is 0.0998. The summed E-state index contributed by atoms with van der Waals surface area (Å²) in [6.45, 7) is 0.0311. The van der Waals surface area contributed by atoms with Crippen molar-refractivity contribution in [3.63, 3.8) is 0 Å². The van der Waals surface area contributed by atoms with Gasteiger partial charge in [-0.15, -0.1) is 0 Å². The molecule has 3 N–H and O–H groups in total. The topological polar surface area (TPSA) is 72.6 Å². The molecule has 0 fully saturated rings. The molecular formula is C15H14BrNO3. The quantitative estimate of drug-likeness (QED) is 0.882. The van der Waals surface area contributed by atoms with Crippen LogP contribution >= 0.6 is 15.9 Å². The first-order valence-corrected chi connectivity index (χ1v) is 6.87. The van der Waals surface area contributed by atoms with Crippen LogP contribution in [0.15, 0.2) is 46.9 Å². The first kappa shape index (κ1) is 14.6. The number of hydrogen-bond acceptors (Lipinski definition) is 3. The van der Waals surface area contributed by atoms with Gasteiger partial charge in [-0.25, -0.2) is 0 Å². The van der Waals surface area contributed by atoms with E-state index in [9.17, 15) is 4.79 Å². The van der Waals surface area contributed by atoms with E-state index in [1.165, 1.54) is 0 Å². The molecule has 0 heterocycles. The molecular weight excluding hydrogens is 322 g/mol. The van der Waals surface area contributed by atoms with Gasteiger partial charge in [-0.2, -0.15) is 0 Å². The van der Waals surface area contributed by atoms with Crippen LogP contribution < -0.4 is 10.5 Å². The minimum atomic E-state index is -0.555. The smallest absolute Gasteiger partial charge is 0.252 e. The molecule has 0 spiro atoms. The fourth-order valence-corrected chi connectivity index (χ4v) is 2.19. The number of nitrogens with two attached hydrogens (primary N) is 1. The van der Waals surface area contributed by atoms with E-state index in [1.807, 2.05) is 18.2 Å². The van der Waals surface area contributed by atoms with Crippen LogP contribution in [0.2, 0.25) is 0 Å². The molecule has 2 aromatic carbocycles. The van der Waals surface area contributed by atoms with Crippen LogP contribution in [0.3, 0.4) is 0 Å². The van der Waals surface area contributed by atoms with Crippen molar-refractivity contribution >= 4 is 21.8 Å². The number of amides is 1. The minimum absolute atomic E-state index is 0.0311. The van der Waals surface area contributed by atoms with Gasteiger partial charge in [0, 0.05) is 11.1 Å². The zero-order valence-electron chi connectivity index (χ0n) is 10.7. The van der Waals surface area contributed by atoms with E-state index >= 15 is 0 Å². The number of primary amides is 1. The SMILES string of the molecule is NC(=O)c1cc(Br)ccc1Oc1ccccc1CCO. The van der Waals surface area contributed by atoms with Crippen LogP contribution in [-0.2, 0) is 6.42 Å². The van der Waals surface area contributed by atoms with E-state index in [1.54, 1.807) is 24.3 Å². The largest absolute Gasteiger partial charge is 0.456 e. The van der Waals surface area contributed by atoms with Gasteiger partial charge in [0.15, 0.2) is 0 Å². The molecule has 0 radical (unpaired) electrons. The lowest BCUT2D eigenvalue weighted by Crippen LogP contribution is -2.12. The van der Waals surface area contributed by atoms with Gasteiger partial charge in [0.2, 0.25) is 0 Å². The van der Waals surface area contributed by atoms with E-state index in [0.717, 1.165) is 10.0 Å². The number of halogens is 1. The van der Waals surface area contributed by atoms with Crippen molar-refractivity contribution in [1.29, 1.82) is 0 Å². The van der Waals surface area contributed by atoms with Crippen molar-refractivity contribution in [2.75, 3.05) is 6.61 Å². The average molecular weight is 336 g/mol. The Bertz CT molecular complexity index is 628. The second-order valence-corrected chi connectivity index (χ2v) is 5.10. The van der Waals surface area contributed by atoms with E-state index in [4.69, 9.17) is 15.6 Å². The van der Waals surface area contributed by atoms with Crippen molar-refractivity contribution in [3.05, 3.63) is 58.1 Å². The van der Waals surface area contributed by atoms with E-state index < -0.39 is 5.91 Å². The molecule has 0 saturated carbocycles. The Labute approximate surface area is 125 Å². The third kappa shape index (κ3) is 3.37. The number of carbonyl (C=O) groups is 1. The molecule has 0 saturated heterocycles. The third-order valence-electron chi connectivity index (χ3n) is 2.78. The fourth-order valence-electron chi connectivity index (χ4n) is 1.83. The van der Waals surface area contributed by atoms with E-state index in [-0.39, 0.29) is 6.61 Å².